The Morgan fingerprint density at radius 1 is 0.905 bits per heavy atom. The van der Waals surface area contributed by atoms with Crippen LogP contribution in [0, 0.1) is 0 Å². The summed E-state index contributed by atoms with van der Waals surface area (Å²) >= 11 is 0. The molecule has 9 nitrogen and oxygen atoms in total. The van der Waals surface area contributed by atoms with E-state index in [1.807, 2.05) is 12.1 Å². The molecular weight excluding hydrogens is 526 g/mol. The van der Waals surface area contributed by atoms with Crippen LogP contribution in [0.2, 0.25) is 0 Å². The van der Waals surface area contributed by atoms with Crippen molar-refractivity contribution in [1.82, 2.24) is 20.4 Å². The van der Waals surface area contributed by atoms with Gasteiger partial charge in [0.05, 0.1) is 22.2 Å². The lowest BCUT2D eigenvalue weighted by Gasteiger charge is -2.38. The lowest BCUT2D eigenvalue weighted by atomic mass is 9.99. The standard InChI is InChI=1S/C33H39N7O2/c1-38-13-11-26(12-14-38)42-30-21-23(19-28-31(30)32(34)37-36-28)22-7-10-27(33(41)35-24-8-9-24)29(20-22)40-17-15-39(16-18-40)25-5-3-2-4-6-25/h2-7,10,19-21,24,26H,8-9,11-18H2,1H3,(H,35,41)(H3,34,36,37). The molecule has 1 saturated carbocycles. The number of aromatic nitrogens is 2. The van der Waals surface area contributed by atoms with Gasteiger partial charge in [-0.2, -0.15) is 5.10 Å². The van der Waals surface area contributed by atoms with Crippen LogP contribution in [0.1, 0.15) is 36.0 Å². The Morgan fingerprint density at radius 2 is 1.64 bits per heavy atom. The van der Waals surface area contributed by atoms with Crippen LogP contribution in [-0.4, -0.2) is 79.5 Å². The number of hydrogen-bond donors (Lipinski definition) is 3. The molecule has 0 bridgehead atoms. The van der Waals surface area contributed by atoms with Gasteiger partial charge in [-0.05, 0) is 80.3 Å². The molecule has 42 heavy (non-hydrogen) atoms. The molecule has 2 aliphatic heterocycles. The van der Waals surface area contributed by atoms with Gasteiger partial charge in [0, 0.05) is 51.0 Å². The van der Waals surface area contributed by atoms with E-state index in [1.165, 1.54) is 5.69 Å². The summed E-state index contributed by atoms with van der Waals surface area (Å²) in [4.78, 5) is 20.5. The number of nitrogens with one attached hydrogen (secondary N) is 2. The van der Waals surface area contributed by atoms with Gasteiger partial charge >= 0.3 is 0 Å². The summed E-state index contributed by atoms with van der Waals surface area (Å²) in [7, 11) is 2.15. The second-order valence-corrected chi connectivity index (χ2v) is 11.9. The van der Waals surface area contributed by atoms with E-state index in [4.69, 9.17) is 10.5 Å². The van der Waals surface area contributed by atoms with Crippen LogP contribution in [0.25, 0.3) is 22.0 Å². The van der Waals surface area contributed by atoms with Gasteiger partial charge in [-0.25, -0.2) is 0 Å². The normalized spacial score (nSPS) is 18.4. The molecule has 218 valence electrons. The number of nitrogens with zero attached hydrogens (tertiary/aromatic N) is 4. The van der Waals surface area contributed by atoms with Crippen LogP contribution >= 0.6 is 0 Å². The Hall–Kier alpha value is -4.24. The molecule has 0 spiro atoms. The maximum Gasteiger partial charge on any atom is 0.253 e. The SMILES string of the molecule is CN1CCC(Oc2cc(-c3ccc(C(=O)NC4CC4)c(N4CCN(c5ccccc5)CC4)c3)cc3[nH]nc(N)c23)CC1. The van der Waals surface area contributed by atoms with E-state index in [2.05, 4.69) is 85.8 Å². The predicted molar refractivity (Wildman–Crippen MR) is 168 cm³/mol. The molecule has 4 N–H and O–H groups in total. The van der Waals surface area contributed by atoms with E-state index in [9.17, 15) is 4.79 Å². The summed E-state index contributed by atoms with van der Waals surface area (Å²) in [6, 6.07) is 21.2. The molecule has 3 aromatic carbocycles. The van der Waals surface area contributed by atoms with Crippen LogP contribution < -0.4 is 25.6 Å². The van der Waals surface area contributed by atoms with Gasteiger partial charge in [0.2, 0.25) is 0 Å². The van der Waals surface area contributed by atoms with Crippen LogP contribution in [0.15, 0.2) is 60.7 Å². The summed E-state index contributed by atoms with van der Waals surface area (Å²) in [6.07, 6.45) is 4.21. The van der Waals surface area contributed by atoms with E-state index >= 15 is 0 Å². The number of nitrogen functional groups attached to an aromatic ring is 1. The number of nitrogens with two attached hydrogens (primary N) is 1. The molecule has 1 amide bonds. The largest absolute Gasteiger partial charge is 0.489 e. The highest BCUT2D eigenvalue weighted by molar-refractivity contribution is 6.02. The Morgan fingerprint density at radius 3 is 2.38 bits per heavy atom. The minimum atomic E-state index is 0.00706. The van der Waals surface area contributed by atoms with Gasteiger partial charge in [0.15, 0.2) is 5.82 Å². The highest BCUT2D eigenvalue weighted by atomic mass is 16.5. The minimum absolute atomic E-state index is 0.00706. The third-order valence-electron chi connectivity index (χ3n) is 8.84. The average Bonchev–Trinajstić information content (AvgIpc) is 3.77. The second-order valence-electron chi connectivity index (χ2n) is 11.9. The van der Waals surface area contributed by atoms with Gasteiger partial charge in [0.1, 0.15) is 11.9 Å². The molecule has 0 unspecified atom stereocenters. The topological polar surface area (TPSA) is 103 Å². The van der Waals surface area contributed by atoms with Crippen LogP contribution in [0.5, 0.6) is 5.75 Å². The lowest BCUT2D eigenvalue weighted by molar-refractivity contribution is 0.0951. The Bertz CT molecular complexity index is 1570. The maximum atomic E-state index is 13.4. The van der Waals surface area contributed by atoms with Gasteiger partial charge < -0.3 is 30.5 Å². The Balaban J connectivity index is 1.21. The molecule has 3 fully saturated rings. The molecule has 2 saturated heterocycles. The molecule has 3 aliphatic rings. The molecule has 7 rings (SSSR count). The molecule has 1 aliphatic carbocycles. The maximum absolute atomic E-state index is 13.4. The molecule has 3 heterocycles. The summed E-state index contributed by atoms with van der Waals surface area (Å²) in [5, 5.41) is 11.4. The number of para-hydroxylation sites is 1. The highest BCUT2D eigenvalue weighted by Gasteiger charge is 2.28. The highest BCUT2D eigenvalue weighted by Crippen LogP contribution is 2.38. The first-order valence-electron chi connectivity index (χ1n) is 15.1. The first kappa shape index (κ1) is 26.6. The van der Waals surface area contributed by atoms with E-state index in [1.54, 1.807) is 0 Å². The fourth-order valence-corrected chi connectivity index (χ4v) is 6.19. The minimum Gasteiger partial charge on any atom is -0.489 e. The number of aromatic amines is 1. The van der Waals surface area contributed by atoms with Crippen LogP contribution in [-0.2, 0) is 0 Å². The number of benzene rings is 3. The number of carbonyl (C=O) groups is 1. The summed E-state index contributed by atoms with van der Waals surface area (Å²) in [6.45, 7) is 5.49. The van der Waals surface area contributed by atoms with Crippen LogP contribution in [0.3, 0.4) is 0 Å². The zero-order valence-electron chi connectivity index (χ0n) is 24.2. The number of piperidine rings is 1. The molecule has 4 aromatic rings. The number of anilines is 3. The number of likely N-dealkylation sites (tertiary alicyclic amines) is 1. The summed E-state index contributed by atoms with van der Waals surface area (Å²) < 4.78 is 6.58. The van der Waals surface area contributed by atoms with E-state index in [-0.39, 0.29) is 12.0 Å². The van der Waals surface area contributed by atoms with Crippen molar-refractivity contribution in [3.8, 4) is 16.9 Å². The number of rotatable bonds is 7. The van der Waals surface area contributed by atoms with Crippen molar-refractivity contribution in [3.63, 3.8) is 0 Å². The third kappa shape index (κ3) is 5.48. The number of amides is 1. The van der Waals surface area contributed by atoms with E-state index in [0.717, 1.165) is 104 Å². The van der Waals surface area contributed by atoms with Crippen molar-refractivity contribution in [3.05, 3.63) is 66.2 Å². The number of carbonyl (C=O) groups excluding carboxylic acids is 1. The van der Waals surface area contributed by atoms with Gasteiger partial charge in [-0.1, -0.05) is 24.3 Å². The lowest BCUT2D eigenvalue weighted by Crippen LogP contribution is -2.47. The fraction of sp³-hybridized carbons (Fsp3) is 0.394. The Labute approximate surface area is 246 Å². The van der Waals surface area contributed by atoms with Gasteiger partial charge in [-0.15, -0.1) is 0 Å². The number of fused-ring (bicyclic) bond motifs is 1. The summed E-state index contributed by atoms with van der Waals surface area (Å²) in [5.41, 5.74) is 12.1. The molecule has 1 aromatic heterocycles. The number of piperazine rings is 1. The molecular formula is C33H39N7O2. The number of ether oxygens (including phenoxy) is 1. The van der Waals surface area contributed by atoms with E-state index < -0.39 is 0 Å². The van der Waals surface area contributed by atoms with E-state index in [0.29, 0.717) is 11.9 Å². The molecule has 9 heteroatoms. The summed E-state index contributed by atoms with van der Waals surface area (Å²) in [5.74, 6) is 1.22. The van der Waals surface area contributed by atoms with Gasteiger partial charge in [-0.3, -0.25) is 9.89 Å². The van der Waals surface area contributed by atoms with Crippen molar-refractivity contribution in [2.45, 2.75) is 37.8 Å². The van der Waals surface area contributed by atoms with Crippen molar-refractivity contribution >= 4 is 34.0 Å². The first-order valence-corrected chi connectivity index (χ1v) is 15.1. The van der Waals surface area contributed by atoms with Crippen molar-refractivity contribution in [2.24, 2.45) is 0 Å². The monoisotopic (exact) mass is 565 g/mol. The zero-order valence-corrected chi connectivity index (χ0v) is 24.2. The number of H-pyrrole nitrogens is 1. The van der Waals surface area contributed by atoms with Crippen molar-refractivity contribution in [2.75, 3.05) is 61.8 Å². The second kappa shape index (κ2) is 11.2. The smallest absolute Gasteiger partial charge is 0.253 e. The third-order valence-corrected chi connectivity index (χ3v) is 8.84. The average molecular weight is 566 g/mol. The van der Waals surface area contributed by atoms with Crippen LogP contribution in [0.4, 0.5) is 17.2 Å². The van der Waals surface area contributed by atoms with Crippen molar-refractivity contribution in [1.29, 1.82) is 0 Å². The molecule has 0 radical (unpaired) electrons. The van der Waals surface area contributed by atoms with Gasteiger partial charge in [0.25, 0.3) is 5.91 Å². The fourth-order valence-electron chi connectivity index (χ4n) is 6.19. The van der Waals surface area contributed by atoms with Crippen molar-refractivity contribution < 1.29 is 9.53 Å². The number of hydrogen-bond acceptors (Lipinski definition) is 7. The Kier molecular flexibility index (Phi) is 7.11. The predicted octanol–water partition coefficient (Wildman–Crippen LogP) is 4.50. The molecule has 0 atom stereocenters. The zero-order chi connectivity index (χ0) is 28.6. The first-order chi connectivity index (χ1) is 20.5. The quantitative estimate of drug-likeness (QED) is 0.303.